The molecule has 1 rings (SSSR count). The van der Waals surface area contributed by atoms with Crippen molar-refractivity contribution in [3.63, 3.8) is 0 Å². The van der Waals surface area contributed by atoms with Gasteiger partial charge >= 0.3 is 6.18 Å². The molecule has 1 N–H and O–H groups in total. The fraction of sp³-hybridized carbons (Fsp3) is 0.727. The zero-order valence-electron chi connectivity index (χ0n) is 10.2. The number of aromatic nitrogens is 2. The molecule has 1 aromatic rings. The van der Waals surface area contributed by atoms with Crippen molar-refractivity contribution >= 4 is 0 Å². The number of alkyl halides is 3. The van der Waals surface area contributed by atoms with E-state index in [9.17, 15) is 18.3 Å². The van der Waals surface area contributed by atoms with Gasteiger partial charge in [0.2, 0.25) is 0 Å². The highest BCUT2D eigenvalue weighted by Crippen LogP contribution is 2.27. The van der Waals surface area contributed by atoms with Gasteiger partial charge < -0.3 is 9.84 Å². The number of ether oxygens (including phenoxy) is 1. The molecule has 0 aromatic carbocycles. The second-order valence-corrected chi connectivity index (χ2v) is 4.00. The maximum absolute atomic E-state index is 12.3. The van der Waals surface area contributed by atoms with Gasteiger partial charge in [-0.15, -0.1) is 0 Å². The molecule has 0 saturated heterocycles. The van der Waals surface area contributed by atoms with Gasteiger partial charge in [0.05, 0.1) is 19.3 Å². The molecular weight excluding hydrogens is 249 g/mol. The molecule has 0 saturated carbocycles. The van der Waals surface area contributed by atoms with Gasteiger partial charge in [-0.3, -0.25) is 4.68 Å². The van der Waals surface area contributed by atoms with Crippen LogP contribution in [0.3, 0.4) is 0 Å². The summed E-state index contributed by atoms with van der Waals surface area (Å²) in [6.07, 6.45) is -2.23. The largest absolute Gasteiger partial charge is 0.435 e. The van der Waals surface area contributed by atoms with Crippen molar-refractivity contribution in [1.82, 2.24) is 9.78 Å². The molecule has 0 radical (unpaired) electrons. The Morgan fingerprint density at radius 1 is 1.50 bits per heavy atom. The molecule has 104 valence electrons. The van der Waals surface area contributed by atoms with Crippen LogP contribution in [0.4, 0.5) is 13.2 Å². The zero-order valence-corrected chi connectivity index (χ0v) is 10.2. The predicted octanol–water partition coefficient (Wildman–Crippen LogP) is 2.08. The number of halogens is 3. The number of hydrogen-bond acceptors (Lipinski definition) is 3. The number of unbranched alkanes of at least 4 members (excludes halogenated alkanes) is 1. The second kappa shape index (κ2) is 6.75. The Kier molecular flexibility index (Phi) is 5.61. The van der Waals surface area contributed by atoms with Gasteiger partial charge in [-0.2, -0.15) is 18.3 Å². The number of nitrogens with zero attached hydrogens (tertiary/aromatic N) is 2. The zero-order chi connectivity index (χ0) is 13.6. The summed E-state index contributed by atoms with van der Waals surface area (Å²) < 4.78 is 43.0. The molecule has 0 fully saturated rings. The Labute approximate surface area is 103 Å². The lowest BCUT2D eigenvalue weighted by Gasteiger charge is -2.11. The third-order valence-corrected chi connectivity index (χ3v) is 2.28. The second-order valence-electron chi connectivity index (χ2n) is 4.00. The first-order valence-electron chi connectivity index (χ1n) is 5.80. The summed E-state index contributed by atoms with van der Waals surface area (Å²) >= 11 is 0. The molecule has 0 aliphatic carbocycles. The van der Waals surface area contributed by atoms with Crippen LogP contribution < -0.4 is 0 Å². The first kappa shape index (κ1) is 15.0. The van der Waals surface area contributed by atoms with Crippen molar-refractivity contribution in [2.75, 3.05) is 13.2 Å². The average Bonchev–Trinajstić information content (AvgIpc) is 2.72. The summed E-state index contributed by atoms with van der Waals surface area (Å²) in [5, 5.41) is 12.9. The smallest absolute Gasteiger partial charge is 0.389 e. The van der Waals surface area contributed by atoms with Crippen LogP contribution >= 0.6 is 0 Å². The van der Waals surface area contributed by atoms with Crippen LogP contribution in [-0.4, -0.2) is 34.2 Å². The van der Waals surface area contributed by atoms with Crippen molar-refractivity contribution in [1.29, 1.82) is 0 Å². The molecule has 18 heavy (non-hydrogen) atoms. The van der Waals surface area contributed by atoms with Gasteiger partial charge in [0.25, 0.3) is 0 Å². The molecule has 0 spiro atoms. The quantitative estimate of drug-likeness (QED) is 0.769. The van der Waals surface area contributed by atoms with Crippen LogP contribution in [0.2, 0.25) is 0 Å². The molecule has 0 aliphatic heterocycles. The van der Waals surface area contributed by atoms with E-state index >= 15 is 0 Å². The van der Waals surface area contributed by atoms with Crippen LogP contribution in [0.15, 0.2) is 12.3 Å². The van der Waals surface area contributed by atoms with E-state index in [0.29, 0.717) is 6.61 Å². The summed E-state index contributed by atoms with van der Waals surface area (Å²) in [5.41, 5.74) is -0.957. The van der Waals surface area contributed by atoms with E-state index in [4.69, 9.17) is 4.74 Å². The lowest BCUT2D eigenvalue weighted by atomic mass is 10.3. The lowest BCUT2D eigenvalue weighted by Crippen LogP contribution is -2.23. The van der Waals surface area contributed by atoms with Crippen LogP contribution in [0, 0.1) is 0 Å². The lowest BCUT2D eigenvalue weighted by molar-refractivity contribution is -0.141. The molecule has 0 amide bonds. The summed E-state index contributed by atoms with van der Waals surface area (Å²) in [7, 11) is 0. The number of aliphatic hydroxyl groups excluding tert-OH is 1. The minimum Gasteiger partial charge on any atom is -0.389 e. The molecule has 7 heteroatoms. The summed E-state index contributed by atoms with van der Waals surface area (Å²) in [6.45, 7) is 2.64. The normalized spacial score (nSPS) is 13.8. The van der Waals surface area contributed by atoms with E-state index in [1.54, 1.807) is 0 Å². The molecule has 1 heterocycles. The highest BCUT2D eigenvalue weighted by atomic mass is 19.4. The molecule has 0 bridgehead atoms. The SMILES string of the molecule is CCCCOCC(O)Cn1ccc(C(F)(F)F)n1. The van der Waals surface area contributed by atoms with E-state index in [-0.39, 0.29) is 13.2 Å². The number of hydrogen-bond donors (Lipinski definition) is 1. The summed E-state index contributed by atoms with van der Waals surface area (Å²) in [4.78, 5) is 0. The van der Waals surface area contributed by atoms with Crippen LogP contribution in [0.25, 0.3) is 0 Å². The van der Waals surface area contributed by atoms with Crippen molar-refractivity contribution in [2.24, 2.45) is 0 Å². The first-order chi connectivity index (χ1) is 8.43. The average molecular weight is 266 g/mol. The third kappa shape index (κ3) is 5.05. The van der Waals surface area contributed by atoms with Crippen LogP contribution in [0.1, 0.15) is 25.5 Å². The minimum absolute atomic E-state index is 0.0117. The fourth-order valence-corrected chi connectivity index (χ4v) is 1.35. The van der Waals surface area contributed by atoms with Crippen LogP contribution in [-0.2, 0) is 17.5 Å². The number of rotatable bonds is 7. The molecule has 4 nitrogen and oxygen atoms in total. The van der Waals surface area contributed by atoms with Crippen molar-refractivity contribution in [3.05, 3.63) is 18.0 Å². The Bertz CT molecular complexity index is 352. The highest BCUT2D eigenvalue weighted by molar-refractivity contribution is 5.03. The predicted molar refractivity (Wildman–Crippen MR) is 59.0 cm³/mol. The fourth-order valence-electron chi connectivity index (χ4n) is 1.35. The number of aliphatic hydroxyl groups is 1. The molecule has 1 atom stereocenters. The van der Waals surface area contributed by atoms with Crippen molar-refractivity contribution in [3.8, 4) is 0 Å². The first-order valence-corrected chi connectivity index (χ1v) is 5.80. The van der Waals surface area contributed by atoms with E-state index in [1.807, 2.05) is 6.92 Å². The highest BCUT2D eigenvalue weighted by Gasteiger charge is 2.33. The van der Waals surface area contributed by atoms with Crippen molar-refractivity contribution < 1.29 is 23.0 Å². The van der Waals surface area contributed by atoms with Gasteiger partial charge in [-0.05, 0) is 12.5 Å². The van der Waals surface area contributed by atoms with Gasteiger partial charge in [0.1, 0.15) is 0 Å². The van der Waals surface area contributed by atoms with E-state index in [1.165, 1.54) is 6.20 Å². The topological polar surface area (TPSA) is 47.3 Å². The van der Waals surface area contributed by atoms with Crippen molar-refractivity contribution in [2.45, 2.75) is 38.6 Å². The van der Waals surface area contributed by atoms with Crippen LogP contribution in [0.5, 0.6) is 0 Å². The molecular formula is C11H17F3N2O2. The van der Waals surface area contributed by atoms with Gasteiger partial charge in [-0.1, -0.05) is 13.3 Å². The van der Waals surface area contributed by atoms with Gasteiger partial charge in [-0.25, -0.2) is 0 Å². The van der Waals surface area contributed by atoms with E-state index in [0.717, 1.165) is 23.6 Å². The van der Waals surface area contributed by atoms with Gasteiger partial charge in [0.15, 0.2) is 5.69 Å². The Morgan fingerprint density at radius 2 is 2.22 bits per heavy atom. The molecule has 0 aliphatic rings. The standard InChI is InChI=1S/C11H17F3N2O2/c1-2-3-6-18-8-9(17)7-16-5-4-10(15-16)11(12,13)14/h4-5,9,17H,2-3,6-8H2,1H3. The third-order valence-electron chi connectivity index (χ3n) is 2.28. The maximum Gasteiger partial charge on any atom is 0.435 e. The monoisotopic (exact) mass is 266 g/mol. The summed E-state index contributed by atoms with van der Waals surface area (Å²) in [6, 6.07) is 0.880. The molecule has 1 unspecified atom stereocenters. The van der Waals surface area contributed by atoms with E-state index < -0.39 is 18.0 Å². The Balaban J connectivity index is 2.35. The minimum atomic E-state index is -4.45. The maximum atomic E-state index is 12.3. The van der Waals surface area contributed by atoms with E-state index in [2.05, 4.69) is 5.10 Å². The Morgan fingerprint density at radius 3 is 2.78 bits per heavy atom. The molecule has 1 aromatic heterocycles. The van der Waals surface area contributed by atoms with Gasteiger partial charge in [0, 0.05) is 12.8 Å². The summed E-state index contributed by atoms with van der Waals surface area (Å²) in [5.74, 6) is 0. The Hall–Kier alpha value is -1.08.